The minimum absolute atomic E-state index is 0.132. The number of Topliss-reactive ketones (excluding diaryl/α,β-unsaturated/α-hetero) is 1. The molecule has 1 unspecified atom stereocenters. The normalized spacial score (nSPS) is 19.8. The first-order chi connectivity index (χ1) is 14.9. The molecule has 0 saturated carbocycles. The number of anilines is 1. The zero-order valence-corrected chi connectivity index (χ0v) is 18.2. The van der Waals surface area contributed by atoms with Crippen LogP contribution in [0.4, 0.5) is 5.69 Å². The summed E-state index contributed by atoms with van der Waals surface area (Å²) in [4.78, 5) is 29.4. The van der Waals surface area contributed by atoms with Gasteiger partial charge in [-0.3, -0.25) is 9.59 Å². The fraction of sp³-hybridized carbons (Fsp3) is 0.360. The van der Waals surface area contributed by atoms with Gasteiger partial charge in [0, 0.05) is 31.9 Å². The van der Waals surface area contributed by atoms with Crippen molar-refractivity contribution < 1.29 is 19.4 Å². The molecule has 2 aliphatic heterocycles. The second-order valence-electron chi connectivity index (χ2n) is 8.25. The van der Waals surface area contributed by atoms with Gasteiger partial charge in [0.25, 0.3) is 11.7 Å². The molecule has 1 amide bonds. The summed E-state index contributed by atoms with van der Waals surface area (Å²) < 4.78 is 5.66. The number of ketones is 1. The van der Waals surface area contributed by atoms with Crippen molar-refractivity contribution in [3.05, 3.63) is 64.7 Å². The number of carbonyl (C=O) groups excluding carboxylic acids is 2. The SMILES string of the molecule is CCCN1C(=O)C(=O)/C(=C(\O)c2ccc3c(c2)CCCO3)C1c1ccc(N(C)C)cc1. The van der Waals surface area contributed by atoms with Crippen molar-refractivity contribution >= 4 is 23.1 Å². The van der Waals surface area contributed by atoms with Gasteiger partial charge in [0.2, 0.25) is 0 Å². The third kappa shape index (κ3) is 3.78. The van der Waals surface area contributed by atoms with Crippen LogP contribution in [0.3, 0.4) is 0 Å². The van der Waals surface area contributed by atoms with Gasteiger partial charge in [0.15, 0.2) is 0 Å². The topological polar surface area (TPSA) is 70.1 Å². The van der Waals surface area contributed by atoms with Crippen molar-refractivity contribution in [1.82, 2.24) is 4.90 Å². The van der Waals surface area contributed by atoms with Gasteiger partial charge in [-0.1, -0.05) is 19.1 Å². The van der Waals surface area contributed by atoms with E-state index in [0.29, 0.717) is 18.7 Å². The van der Waals surface area contributed by atoms with Crippen molar-refractivity contribution in [3.8, 4) is 5.75 Å². The number of ether oxygens (including phenoxy) is 1. The largest absolute Gasteiger partial charge is 0.507 e. The van der Waals surface area contributed by atoms with E-state index in [1.807, 2.05) is 62.3 Å². The quantitative estimate of drug-likeness (QED) is 0.451. The van der Waals surface area contributed by atoms with Crippen LogP contribution in [0, 0.1) is 0 Å². The molecule has 2 aromatic carbocycles. The zero-order chi connectivity index (χ0) is 22.1. The van der Waals surface area contributed by atoms with E-state index in [2.05, 4.69) is 0 Å². The van der Waals surface area contributed by atoms with Gasteiger partial charge in [-0.05, 0) is 60.7 Å². The number of rotatable bonds is 5. The predicted molar refractivity (Wildman–Crippen MR) is 120 cm³/mol. The van der Waals surface area contributed by atoms with E-state index in [4.69, 9.17) is 4.74 Å². The average molecular weight is 421 g/mol. The Balaban J connectivity index is 1.82. The molecule has 6 heteroatoms. The molecule has 4 rings (SSSR count). The highest BCUT2D eigenvalue weighted by Crippen LogP contribution is 2.40. The Kier molecular flexibility index (Phi) is 5.72. The molecule has 0 spiro atoms. The van der Waals surface area contributed by atoms with Crippen molar-refractivity contribution in [2.75, 3.05) is 32.1 Å². The number of carbonyl (C=O) groups is 2. The minimum atomic E-state index is -0.637. The molecule has 1 saturated heterocycles. The van der Waals surface area contributed by atoms with Gasteiger partial charge in [0.1, 0.15) is 11.5 Å². The maximum absolute atomic E-state index is 13.0. The first kappa shape index (κ1) is 21.0. The molecule has 0 aliphatic carbocycles. The summed E-state index contributed by atoms with van der Waals surface area (Å²) >= 11 is 0. The van der Waals surface area contributed by atoms with Crippen molar-refractivity contribution in [3.63, 3.8) is 0 Å². The first-order valence-electron chi connectivity index (χ1n) is 10.7. The number of amides is 1. The monoisotopic (exact) mass is 420 g/mol. The second kappa shape index (κ2) is 8.46. The number of hydrogen-bond donors (Lipinski definition) is 1. The Morgan fingerprint density at radius 1 is 1.16 bits per heavy atom. The fourth-order valence-electron chi connectivity index (χ4n) is 4.32. The van der Waals surface area contributed by atoms with Gasteiger partial charge in [-0.2, -0.15) is 0 Å². The van der Waals surface area contributed by atoms with Crippen molar-refractivity contribution in [1.29, 1.82) is 0 Å². The highest BCUT2D eigenvalue weighted by molar-refractivity contribution is 6.46. The van der Waals surface area contributed by atoms with Crippen LogP contribution in [0.5, 0.6) is 5.75 Å². The number of fused-ring (bicyclic) bond motifs is 1. The smallest absolute Gasteiger partial charge is 0.295 e. The van der Waals surface area contributed by atoms with Gasteiger partial charge in [-0.15, -0.1) is 0 Å². The molecule has 0 aromatic heterocycles. The Hall–Kier alpha value is -3.28. The maximum Gasteiger partial charge on any atom is 0.295 e. The number of hydrogen-bond acceptors (Lipinski definition) is 5. The molecular formula is C25H28N2O4. The van der Waals surface area contributed by atoms with Crippen LogP contribution in [-0.4, -0.2) is 48.9 Å². The lowest BCUT2D eigenvalue weighted by molar-refractivity contribution is -0.139. The lowest BCUT2D eigenvalue weighted by Crippen LogP contribution is -2.30. The van der Waals surface area contributed by atoms with Crippen LogP contribution in [0.2, 0.25) is 0 Å². The number of likely N-dealkylation sites (tertiary alicyclic amines) is 1. The third-order valence-electron chi connectivity index (χ3n) is 5.91. The van der Waals surface area contributed by atoms with Gasteiger partial charge in [-0.25, -0.2) is 0 Å². The molecule has 31 heavy (non-hydrogen) atoms. The first-order valence-corrected chi connectivity index (χ1v) is 10.7. The molecule has 1 atom stereocenters. The summed E-state index contributed by atoms with van der Waals surface area (Å²) in [6.45, 7) is 3.10. The van der Waals surface area contributed by atoms with Crippen LogP contribution < -0.4 is 9.64 Å². The standard InChI is InChI=1S/C25H28N2O4/c1-4-13-27-22(16-7-10-19(11-8-16)26(2)3)21(24(29)25(27)30)23(28)18-9-12-20-17(15-18)6-5-14-31-20/h7-12,15,22,28H,4-6,13-14H2,1-3H3/b23-21-. The van der Waals surface area contributed by atoms with Crippen LogP contribution in [0.25, 0.3) is 5.76 Å². The van der Waals surface area contributed by atoms with Crippen LogP contribution in [0.1, 0.15) is 42.5 Å². The molecule has 1 fully saturated rings. The zero-order valence-electron chi connectivity index (χ0n) is 18.2. The summed E-state index contributed by atoms with van der Waals surface area (Å²) in [7, 11) is 3.91. The molecule has 162 valence electrons. The number of aliphatic hydroxyl groups excluding tert-OH is 1. The summed E-state index contributed by atoms with van der Waals surface area (Å²) in [5.74, 6) is -0.523. The highest BCUT2D eigenvalue weighted by Gasteiger charge is 2.45. The number of aliphatic hydroxyl groups is 1. The highest BCUT2D eigenvalue weighted by atomic mass is 16.5. The van der Waals surface area contributed by atoms with E-state index in [0.717, 1.165) is 41.8 Å². The maximum atomic E-state index is 13.0. The van der Waals surface area contributed by atoms with Crippen LogP contribution in [0.15, 0.2) is 48.0 Å². The van der Waals surface area contributed by atoms with Crippen molar-refractivity contribution in [2.45, 2.75) is 32.2 Å². The number of nitrogens with zero attached hydrogens (tertiary/aromatic N) is 2. The average Bonchev–Trinajstić information content (AvgIpc) is 3.03. The second-order valence-corrected chi connectivity index (χ2v) is 8.25. The fourth-order valence-corrected chi connectivity index (χ4v) is 4.32. The van der Waals surface area contributed by atoms with E-state index in [1.54, 1.807) is 11.0 Å². The van der Waals surface area contributed by atoms with Gasteiger partial charge < -0.3 is 19.6 Å². The molecule has 2 heterocycles. The molecule has 0 radical (unpaired) electrons. The molecule has 1 N–H and O–H groups in total. The number of benzene rings is 2. The molecule has 2 aromatic rings. The molecule has 0 bridgehead atoms. The molecule has 2 aliphatic rings. The Bertz CT molecular complexity index is 1040. The number of aryl methyl sites for hydroxylation is 1. The van der Waals surface area contributed by atoms with E-state index in [9.17, 15) is 14.7 Å². The van der Waals surface area contributed by atoms with E-state index >= 15 is 0 Å². The predicted octanol–water partition coefficient (Wildman–Crippen LogP) is 3.91. The molecular weight excluding hydrogens is 392 g/mol. The summed E-state index contributed by atoms with van der Waals surface area (Å²) in [6.07, 6.45) is 2.49. The lowest BCUT2D eigenvalue weighted by atomic mass is 9.94. The summed E-state index contributed by atoms with van der Waals surface area (Å²) in [6, 6.07) is 12.6. The molecule has 6 nitrogen and oxygen atoms in total. The van der Waals surface area contributed by atoms with E-state index < -0.39 is 17.7 Å². The van der Waals surface area contributed by atoms with Gasteiger partial charge in [0.05, 0.1) is 18.2 Å². The third-order valence-corrected chi connectivity index (χ3v) is 5.91. The van der Waals surface area contributed by atoms with E-state index in [-0.39, 0.29) is 11.3 Å². The Morgan fingerprint density at radius 3 is 2.58 bits per heavy atom. The van der Waals surface area contributed by atoms with Crippen LogP contribution in [-0.2, 0) is 16.0 Å². The van der Waals surface area contributed by atoms with E-state index in [1.165, 1.54) is 0 Å². The van der Waals surface area contributed by atoms with Crippen molar-refractivity contribution in [2.24, 2.45) is 0 Å². The van der Waals surface area contributed by atoms with Gasteiger partial charge >= 0.3 is 0 Å². The lowest BCUT2D eigenvalue weighted by Gasteiger charge is -2.25. The van der Waals surface area contributed by atoms with Crippen LogP contribution >= 0.6 is 0 Å². The summed E-state index contributed by atoms with van der Waals surface area (Å²) in [5.41, 5.74) is 3.51. The Labute approximate surface area is 182 Å². The Morgan fingerprint density at radius 2 is 1.90 bits per heavy atom. The summed E-state index contributed by atoms with van der Waals surface area (Å²) in [5, 5.41) is 11.2. The minimum Gasteiger partial charge on any atom is -0.507 e.